The van der Waals surface area contributed by atoms with Crippen molar-refractivity contribution in [3.8, 4) is 22.6 Å². The van der Waals surface area contributed by atoms with Crippen molar-refractivity contribution < 1.29 is 19.7 Å². The summed E-state index contributed by atoms with van der Waals surface area (Å²) in [5.74, 6) is 1.60. The first kappa shape index (κ1) is 26.4. The molecule has 0 bridgehead atoms. The van der Waals surface area contributed by atoms with E-state index < -0.39 is 10.0 Å². The fraction of sp³-hybridized carbons (Fsp3) is 0.200. The number of fused-ring (bicyclic) bond motifs is 7. The van der Waals surface area contributed by atoms with Gasteiger partial charge in [-0.3, -0.25) is 0 Å². The van der Waals surface area contributed by atoms with E-state index in [0.717, 1.165) is 29.0 Å². The van der Waals surface area contributed by atoms with Gasteiger partial charge >= 0.3 is 0 Å². The molecule has 1 aliphatic carbocycles. The molecule has 6 heteroatoms. The van der Waals surface area contributed by atoms with E-state index >= 15 is 0 Å². The number of ether oxygens (including phenoxy) is 2. The largest absolute Gasteiger partial charge is 0.491 e. The van der Waals surface area contributed by atoms with Crippen molar-refractivity contribution in [1.29, 1.82) is 0 Å². The van der Waals surface area contributed by atoms with Gasteiger partial charge < -0.3 is 19.7 Å². The third kappa shape index (κ3) is 4.12. The van der Waals surface area contributed by atoms with Gasteiger partial charge in [-0.25, -0.2) is 0 Å². The van der Waals surface area contributed by atoms with Crippen LogP contribution in [0.1, 0.15) is 27.8 Å². The SMILES string of the molecule is Cc1cc(S2(c3ccc(OCCO)c(C)c3)C=Cc3c2ccc2c3-c3c(ccc4ccsc34)C2)ccc1OCCO. The van der Waals surface area contributed by atoms with Crippen molar-refractivity contribution >= 4 is 37.5 Å². The molecule has 208 valence electrons. The van der Waals surface area contributed by atoms with E-state index in [0.29, 0.717) is 0 Å². The highest BCUT2D eigenvalue weighted by Gasteiger charge is 2.38. The minimum atomic E-state index is -1.75. The van der Waals surface area contributed by atoms with Crippen LogP contribution in [0.5, 0.6) is 11.5 Å². The molecule has 0 amide bonds. The molecule has 4 nitrogen and oxygen atoms in total. The molecule has 0 atom stereocenters. The minimum absolute atomic E-state index is 0.0133. The lowest BCUT2D eigenvalue weighted by Crippen LogP contribution is -2.05. The van der Waals surface area contributed by atoms with Gasteiger partial charge in [0.25, 0.3) is 0 Å². The van der Waals surface area contributed by atoms with Gasteiger partial charge in [0.2, 0.25) is 0 Å². The zero-order valence-electron chi connectivity index (χ0n) is 23.1. The van der Waals surface area contributed by atoms with E-state index in [4.69, 9.17) is 9.47 Å². The first-order chi connectivity index (χ1) is 20.0. The Morgan fingerprint density at radius 1 is 0.756 bits per heavy atom. The van der Waals surface area contributed by atoms with Crippen molar-refractivity contribution in [1.82, 2.24) is 0 Å². The predicted octanol–water partition coefficient (Wildman–Crippen LogP) is 8.10. The van der Waals surface area contributed by atoms with Crippen molar-refractivity contribution in [2.75, 3.05) is 26.4 Å². The molecule has 4 aromatic carbocycles. The van der Waals surface area contributed by atoms with Crippen LogP contribution in [0.4, 0.5) is 0 Å². The topological polar surface area (TPSA) is 58.9 Å². The maximum Gasteiger partial charge on any atom is 0.122 e. The van der Waals surface area contributed by atoms with E-state index in [-0.39, 0.29) is 26.4 Å². The van der Waals surface area contributed by atoms with Crippen LogP contribution in [-0.2, 0) is 6.42 Å². The van der Waals surface area contributed by atoms with Gasteiger partial charge in [-0.05, 0) is 124 Å². The third-order valence-corrected chi connectivity index (χ3v) is 12.7. The molecule has 0 unspecified atom stereocenters. The van der Waals surface area contributed by atoms with Crippen molar-refractivity contribution in [3.63, 3.8) is 0 Å². The first-order valence-corrected chi connectivity index (χ1v) is 16.5. The van der Waals surface area contributed by atoms with Gasteiger partial charge in [-0.15, -0.1) is 21.4 Å². The summed E-state index contributed by atoms with van der Waals surface area (Å²) in [4.78, 5) is 3.85. The molecule has 0 fully saturated rings. The highest BCUT2D eigenvalue weighted by Crippen LogP contribution is 2.74. The zero-order valence-corrected chi connectivity index (χ0v) is 24.8. The van der Waals surface area contributed by atoms with E-state index in [2.05, 4.69) is 85.3 Å². The van der Waals surface area contributed by atoms with Gasteiger partial charge in [0.15, 0.2) is 0 Å². The fourth-order valence-corrected chi connectivity index (χ4v) is 10.9. The lowest BCUT2D eigenvalue weighted by atomic mass is 9.98. The van der Waals surface area contributed by atoms with Crippen LogP contribution in [0, 0.1) is 13.8 Å². The average molecular weight is 581 g/mol. The Morgan fingerprint density at radius 2 is 1.39 bits per heavy atom. The molecule has 0 spiro atoms. The van der Waals surface area contributed by atoms with E-state index in [1.54, 1.807) is 0 Å². The normalized spacial score (nSPS) is 15.0. The zero-order chi connectivity index (χ0) is 28.1. The predicted molar refractivity (Wildman–Crippen MR) is 169 cm³/mol. The molecule has 0 saturated heterocycles. The number of benzene rings is 4. The molecule has 41 heavy (non-hydrogen) atoms. The smallest absolute Gasteiger partial charge is 0.122 e. The van der Waals surface area contributed by atoms with Gasteiger partial charge in [0.1, 0.15) is 24.7 Å². The first-order valence-electron chi connectivity index (χ1n) is 13.9. The second-order valence-corrected chi connectivity index (χ2v) is 14.5. The second-order valence-electron chi connectivity index (χ2n) is 10.6. The highest BCUT2D eigenvalue weighted by molar-refractivity contribution is 8.36. The number of rotatable bonds is 8. The van der Waals surface area contributed by atoms with Gasteiger partial charge in [0.05, 0.1) is 13.2 Å². The summed E-state index contributed by atoms with van der Waals surface area (Å²) in [5, 5.41) is 24.5. The fourth-order valence-electron chi connectivity index (χ4n) is 6.30. The monoisotopic (exact) mass is 580 g/mol. The van der Waals surface area contributed by atoms with Crippen molar-refractivity contribution in [3.05, 3.63) is 105 Å². The van der Waals surface area contributed by atoms with E-state index in [1.807, 2.05) is 23.5 Å². The summed E-state index contributed by atoms with van der Waals surface area (Å²) in [6, 6.07) is 24.5. The van der Waals surface area contributed by atoms with Crippen LogP contribution in [0.2, 0.25) is 0 Å². The molecule has 7 rings (SSSR count). The summed E-state index contributed by atoms with van der Waals surface area (Å²) in [6.45, 7) is 4.68. The second kappa shape index (κ2) is 10.4. The van der Waals surface area contributed by atoms with Gasteiger partial charge in [-0.1, -0.05) is 18.2 Å². The van der Waals surface area contributed by atoms with Gasteiger partial charge in [0, 0.05) is 24.9 Å². The molecule has 5 aromatic rings. The number of hydrogen-bond donors (Lipinski definition) is 2. The number of aryl methyl sites for hydroxylation is 2. The molecule has 0 radical (unpaired) electrons. The standard InChI is InChI=1S/C35H32O4S2/c1-22-19-27(6-8-30(22)38-15-13-36)41(28-7-9-31(23(2)20-28)39-16-14-37)18-12-29-32(41)10-5-25-21-26-4-3-24-11-17-40-35(24)34(26)33(25)29/h3-12,17-20,36-37H,13-16,21H2,1-2H3. The molecular formula is C35H32O4S2. The Balaban J connectivity index is 1.45. The van der Waals surface area contributed by atoms with E-state index in [1.165, 1.54) is 52.6 Å². The molecule has 2 heterocycles. The number of hydrogen-bond acceptors (Lipinski definition) is 5. The maximum atomic E-state index is 9.29. The average Bonchev–Trinajstić information content (AvgIpc) is 3.70. The lowest BCUT2D eigenvalue weighted by molar-refractivity contribution is 0.200. The van der Waals surface area contributed by atoms with Crippen molar-refractivity contribution in [2.45, 2.75) is 35.0 Å². The molecule has 1 aliphatic heterocycles. The highest BCUT2D eigenvalue weighted by atomic mass is 32.3. The minimum Gasteiger partial charge on any atom is -0.491 e. The third-order valence-electron chi connectivity index (χ3n) is 8.15. The molecular weight excluding hydrogens is 549 g/mol. The van der Waals surface area contributed by atoms with Crippen LogP contribution in [-0.4, -0.2) is 36.6 Å². The Hall–Kier alpha value is -3.55. The number of aliphatic hydroxyl groups excluding tert-OH is 2. The molecule has 2 aliphatic rings. The molecule has 0 saturated carbocycles. The van der Waals surface area contributed by atoms with Gasteiger partial charge in [-0.2, -0.15) is 0 Å². The van der Waals surface area contributed by atoms with Crippen LogP contribution in [0.25, 0.3) is 27.3 Å². The summed E-state index contributed by atoms with van der Waals surface area (Å²) < 4.78 is 13.0. The number of thiophene rings is 1. The summed E-state index contributed by atoms with van der Waals surface area (Å²) in [6.07, 6.45) is 3.33. The lowest BCUT2D eigenvalue weighted by Gasteiger charge is -2.37. The maximum absolute atomic E-state index is 9.29. The van der Waals surface area contributed by atoms with Crippen LogP contribution >= 0.6 is 21.4 Å². The Labute approximate surface area is 245 Å². The summed E-state index contributed by atoms with van der Waals surface area (Å²) in [7, 11) is -1.75. The Bertz CT molecular complexity index is 1780. The van der Waals surface area contributed by atoms with Crippen LogP contribution in [0.15, 0.2) is 92.2 Å². The van der Waals surface area contributed by atoms with Crippen LogP contribution < -0.4 is 9.47 Å². The molecule has 2 N–H and O–H groups in total. The Kier molecular flexibility index (Phi) is 6.67. The Morgan fingerprint density at radius 3 is 2.02 bits per heavy atom. The number of aliphatic hydroxyl groups is 2. The van der Waals surface area contributed by atoms with E-state index in [9.17, 15) is 10.2 Å². The van der Waals surface area contributed by atoms with Crippen LogP contribution in [0.3, 0.4) is 0 Å². The molecule has 1 aromatic heterocycles. The van der Waals surface area contributed by atoms with Crippen molar-refractivity contribution in [2.24, 2.45) is 0 Å². The quantitative estimate of drug-likeness (QED) is 0.191. The summed E-state index contributed by atoms with van der Waals surface area (Å²) in [5.41, 5.74) is 9.02. The summed E-state index contributed by atoms with van der Waals surface area (Å²) >= 11 is 1.83.